The first-order valence-corrected chi connectivity index (χ1v) is 10.2. The summed E-state index contributed by atoms with van der Waals surface area (Å²) in [6.45, 7) is -1.54. The van der Waals surface area contributed by atoms with Crippen LogP contribution in [-0.4, -0.2) is 30.6 Å². The Balaban J connectivity index is 1.77. The number of hydrogen-bond acceptors (Lipinski definition) is 4. The van der Waals surface area contributed by atoms with Crippen molar-refractivity contribution in [2.75, 3.05) is 11.9 Å². The van der Waals surface area contributed by atoms with E-state index in [4.69, 9.17) is 0 Å². The van der Waals surface area contributed by atoms with Gasteiger partial charge in [-0.3, -0.25) is 9.59 Å². The lowest BCUT2D eigenvalue weighted by Gasteiger charge is -2.19. The van der Waals surface area contributed by atoms with E-state index in [9.17, 15) is 28.0 Å². The Morgan fingerprint density at radius 2 is 1.62 bits per heavy atom. The van der Waals surface area contributed by atoms with Crippen LogP contribution in [0.2, 0.25) is 0 Å². The van der Waals surface area contributed by atoms with Crippen LogP contribution in [0.5, 0.6) is 5.75 Å². The average Bonchev–Trinajstić information content (AvgIpc) is 2.83. The highest BCUT2D eigenvalue weighted by Crippen LogP contribution is 2.25. The number of anilines is 1. The lowest BCUT2D eigenvalue weighted by atomic mass is 10.0. The third-order valence-corrected chi connectivity index (χ3v) is 4.70. The summed E-state index contributed by atoms with van der Waals surface area (Å²) in [5.41, 5.74) is 1.19. The number of alkyl halides is 3. The van der Waals surface area contributed by atoms with Crippen molar-refractivity contribution in [1.29, 1.82) is 5.26 Å². The van der Waals surface area contributed by atoms with Gasteiger partial charge in [-0.05, 0) is 35.9 Å². The highest BCUT2D eigenvalue weighted by molar-refractivity contribution is 6.01. The van der Waals surface area contributed by atoms with Gasteiger partial charge < -0.3 is 15.4 Å². The first-order chi connectivity index (χ1) is 16.2. The van der Waals surface area contributed by atoms with E-state index < -0.39 is 30.6 Å². The summed E-state index contributed by atoms with van der Waals surface area (Å²) in [4.78, 5) is 25.7. The van der Waals surface area contributed by atoms with Gasteiger partial charge >= 0.3 is 6.18 Å². The second-order valence-corrected chi connectivity index (χ2v) is 7.30. The Labute approximate surface area is 194 Å². The maximum Gasteiger partial charge on any atom is 0.422 e. The molecule has 1 unspecified atom stereocenters. The van der Waals surface area contributed by atoms with Crippen LogP contribution in [0.25, 0.3) is 0 Å². The van der Waals surface area contributed by atoms with Gasteiger partial charge in [0.25, 0.3) is 5.91 Å². The topological polar surface area (TPSA) is 91.2 Å². The molecule has 3 aromatic rings. The molecule has 9 heteroatoms. The van der Waals surface area contributed by atoms with E-state index >= 15 is 0 Å². The number of benzene rings is 3. The Morgan fingerprint density at radius 1 is 0.971 bits per heavy atom. The molecule has 0 bridgehead atoms. The van der Waals surface area contributed by atoms with Crippen LogP contribution in [0.4, 0.5) is 18.9 Å². The van der Waals surface area contributed by atoms with Crippen molar-refractivity contribution in [2.24, 2.45) is 0 Å². The third-order valence-electron chi connectivity index (χ3n) is 4.70. The zero-order valence-corrected chi connectivity index (χ0v) is 17.8. The maximum absolute atomic E-state index is 13.0. The fraction of sp³-hybridized carbons (Fsp3) is 0.160. The van der Waals surface area contributed by atoms with E-state index in [1.165, 1.54) is 18.2 Å². The lowest BCUT2D eigenvalue weighted by molar-refractivity contribution is -0.153. The summed E-state index contributed by atoms with van der Waals surface area (Å²) in [5, 5.41) is 14.6. The van der Waals surface area contributed by atoms with E-state index in [1.54, 1.807) is 36.4 Å². The van der Waals surface area contributed by atoms with Crippen molar-refractivity contribution in [3.8, 4) is 11.8 Å². The summed E-state index contributed by atoms with van der Waals surface area (Å²) in [5.74, 6) is -1.25. The predicted octanol–water partition coefficient (Wildman–Crippen LogP) is 4.48. The minimum absolute atomic E-state index is 0.171. The summed E-state index contributed by atoms with van der Waals surface area (Å²) in [6, 6.07) is 22.0. The highest BCUT2D eigenvalue weighted by Gasteiger charge is 2.29. The standard InChI is InChI=1S/C25H20F3N3O3/c26-25(27,28)16-34-22-12-11-20(14-19(22)15-29)30-24(33)21(13-17-7-3-1-4-8-17)31-23(32)18-9-5-2-6-10-18/h1-12,14,21H,13,16H2,(H,30,33)(H,31,32). The van der Waals surface area contributed by atoms with Crippen LogP contribution >= 0.6 is 0 Å². The van der Waals surface area contributed by atoms with E-state index in [-0.39, 0.29) is 23.4 Å². The molecule has 0 heterocycles. The molecule has 0 radical (unpaired) electrons. The lowest BCUT2D eigenvalue weighted by Crippen LogP contribution is -2.45. The molecular weight excluding hydrogens is 447 g/mol. The largest absolute Gasteiger partial charge is 0.483 e. The van der Waals surface area contributed by atoms with Gasteiger partial charge in [0, 0.05) is 17.7 Å². The number of ether oxygens (including phenoxy) is 1. The van der Waals surface area contributed by atoms with Gasteiger partial charge in [0.2, 0.25) is 5.91 Å². The quantitative estimate of drug-likeness (QED) is 0.511. The van der Waals surface area contributed by atoms with E-state index in [1.807, 2.05) is 30.3 Å². The molecule has 0 aliphatic rings. The number of carbonyl (C=O) groups excluding carboxylic acids is 2. The second kappa shape index (κ2) is 11.0. The smallest absolute Gasteiger partial charge is 0.422 e. The van der Waals surface area contributed by atoms with Gasteiger partial charge in [0.1, 0.15) is 17.9 Å². The number of nitrogens with one attached hydrogen (secondary N) is 2. The van der Waals surface area contributed by atoms with Crippen molar-refractivity contribution in [2.45, 2.75) is 18.6 Å². The van der Waals surface area contributed by atoms with Crippen molar-refractivity contribution >= 4 is 17.5 Å². The Kier molecular flexibility index (Phi) is 7.88. The van der Waals surface area contributed by atoms with Crippen molar-refractivity contribution in [3.05, 3.63) is 95.6 Å². The molecule has 174 valence electrons. The van der Waals surface area contributed by atoms with Crippen molar-refractivity contribution < 1.29 is 27.5 Å². The number of nitrogens with zero attached hydrogens (tertiary/aromatic N) is 1. The number of rotatable bonds is 8. The molecule has 2 amide bonds. The summed E-state index contributed by atoms with van der Waals surface area (Å²) < 4.78 is 41.9. The minimum Gasteiger partial charge on any atom is -0.483 e. The Morgan fingerprint density at radius 3 is 2.24 bits per heavy atom. The number of hydrogen-bond donors (Lipinski definition) is 2. The Bertz CT molecular complexity index is 1180. The maximum atomic E-state index is 13.0. The summed E-state index contributed by atoms with van der Waals surface area (Å²) in [6.07, 6.45) is -4.36. The van der Waals surface area contributed by atoms with Crippen LogP contribution in [0.15, 0.2) is 78.9 Å². The molecule has 34 heavy (non-hydrogen) atoms. The van der Waals surface area contributed by atoms with Crippen LogP contribution in [0.3, 0.4) is 0 Å². The Hall–Kier alpha value is -4.32. The van der Waals surface area contributed by atoms with E-state index in [0.29, 0.717) is 5.56 Å². The van der Waals surface area contributed by atoms with Crippen LogP contribution in [0, 0.1) is 11.3 Å². The zero-order valence-electron chi connectivity index (χ0n) is 17.8. The van der Waals surface area contributed by atoms with Crippen LogP contribution in [0.1, 0.15) is 21.5 Å². The monoisotopic (exact) mass is 467 g/mol. The molecule has 0 saturated carbocycles. The van der Waals surface area contributed by atoms with Crippen LogP contribution in [-0.2, 0) is 11.2 Å². The highest BCUT2D eigenvalue weighted by atomic mass is 19.4. The first kappa shape index (κ1) is 24.3. The number of carbonyl (C=O) groups is 2. The van der Waals surface area contributed by atoms with E-state index in [2.05, 4.69) is 15.4 Å². The molecule has 0 fully saturated rings. The molecule has 0 aliphatic heterocycles. The van der Waals surface area contributed by atoms with Gasteiger partial charge in [-0.25, -0.2) is 0 Å². The second-order valence-electron chi connectivity index (χ2n) is 7.30. The van der Waals surface area contributed by atoms with Gasteiger partial charge in [0.05, 0.1) is 5.56 Å². The zero-order chi connectivity index (χ0) is 24.6. The molecule has 0 aliphatic carbocycles. The molecule has 3 aromatic carbocycles. The molecule has 0 spiro atoms. The third kappa shape index (κ3) is 7.10. The average molecular weight is 467 g/mol. The van der Waals surface area contributed by atoms with Crippen molar-refractivity contribution in [3.63, 3.8) is 0 Å². The molecule has 3 rings (SSSR count). The molecule has 2 N–H and O–H groups in total. The number of nitriles is 1. The number of amides is 2. The summed E-state index contributed by atoms with van der Waals surface area (Å²) >= 11 is 0. The SMILES string of the molecule is N#Cc1cc(NC(=O)C(Cc2ccccc2)NC(=O)c2ccccc2)ccc1OCC(F)(F)F. The number of halogens is 3. The fourth-order valence-electron chi connectivity index (χ4n) is 3.10. The molecular formula is C25H20F3N3O3. The van der Waals surface area contributed by atoms with Gasteiger partial charge in [-0.1, -0.05) is 48.5 Å². The van der Waals surface area contributed by atoms with Crippen molar-refractivity contribution in [1.82, 2.24) is 5.32 Å². The first-order valence-electron chi connectivity index (χ1n) is 10.2. The molecule has 0 aromatic heterocycles. The predicted molar refractivity (Wildman–Crippen MR) is 119 cm³/mol. The molecule has 1 atom stereocenters. The normalized spacial score (nSPS) is 11.7. The van der Waals surface area contributed by atoms with Gasteiger partial charge in [0.15, 0.2) is 6.61 Å². The molecule has 0 saturated heterocycles. The van der Waals surface area contributed by atoms with Gasteiger partial charge in [-0.15, -0.1) is 0 Å². The van der Waals surface area contributed by atoms with E-state index in [0.717, 1.165) is 5.56 Å². The minimum atomic E-state index is -4.55. The fourth-order valence-corrected chi connectivity index (χ4v) is 3.10. The summed E-state index contributed by atoms with van der Waals surface area (Å²) in [7, 11) is 0. The van der Waals surface area contributed by atoms with Crippen LogP contribution < -0.4 is 15.4 Å². The van der Waals surface area contributed by atoms with Gasteiger partial charge in [-0.2, -0.15) is 18.4 Å². The molecule has 6 nitrogen and oxygen atoms in total.